The quantitative estimate of drug-likeness (QED) is 0.728. The van der Waals surface area contributed by atoms with Crippen LogP contribution in [0.15, 0.2) is 40.2 Å². The highest BCUT2D eigenvalue weighted by Gasteiger charge is 2.16. The molecule has 2 rings (SSSR count). The van der Waals surface area contributed by atoms with Gasteiger partial charge in [-0.3, -0.25) is 0 Å². The Kier molecular flexibility index (Phi) is 5.46. The third-order valence-corrected chi connectivity index (χ3v) is 4.97. The van der Waals surface area contributed by atoms with Crippen LogP contribution in [0, 0.1) is 5.92 Å². The van der Waals surface area contributed by atoms with E-state index in [1.54, 1.807) is 11.3 Å². The molecule has 0 saturated heterocycles. The van der Waals surface area contributed by atoms with Gasteiger partial charge >= 0.3 is 0 Å². The molecule has 4 heteroatoms. The molecule has 0 aliphatic rings. The minimum Gasteiger partial charge on any atom is -0.305 e. The average molecular weight is 359 g/mol. The summed E-state index contributed by atoms with van der Waals surface area (Å²) in [4.78, 5) is 1.39. The van der Waals surface area contributed by atoms with Crippen LogP contribution in [0.25, 0.3) is 0 Å². The SMILES string of the molecule is CC(C)C(NCc1ccc(Cl)cc1Br)c1cccs1. The Bertz CT molecular complexity index is 525. The van der Waals surface area contributed by atoms with Crippen molar-refractivity contribution >= 4 is 38.9 Å². The molecule has 0 spiro atoms. The lowest BCUT2D eigenvalue weighted by Gasteiger charge is -2.21. The lowest BCUT2D eigenvalue weighted by atomic mass is 10.0. The Hall–Kier alpha value is -0.350. The Labute approximate surface area is 132 Å². The topological polar surface area (TPSA) is 12.0 Å². The molecule has 19 heavy (non-hydrogen) atoms. The normalized spacial score (nSPS) is 12.9. The Morgan fingerprint density at radius 1 is 1.32 bits per heavy atom. The van der Waals surface area contributed by atoms with Crippen molar-refractivity contribution in [2.45, 2.75) is 26.4 Å². The van der Waals surface area contributed by atoms with Crippen molar-refractivity contribution in [1.29, 1.82) is 0 Å². The Balaban J connectivity index is 2.07. The monoisotopic (exact) mass is 357 g/mol. The lowest BCUT2D eigenvalue weighted by Crippen LogP contribution is -2.24. The number of rotatable bonds is 5. The molecule has 0 aliphatic carbocycles. The van der Waals surface area contributed by atoms with E-state index < -0.39 is 0 Å². The summed E-state index contributed by atoms with van der Waals surface area (Å²) in [6.45, 7) is 5.32. The second-order valence-corrected chi connectivity index (χ2v) is 7.12. The van der Waals surface area contributed by atoms with E-state index in [2.05, 4.69) is 58.7 Å². The first kappa shape index (κ1) is 15.0. The Morgan fingerprint density at radius 3 is 2.68 bits per heavy atom. The van der Waals surface area contributed by atoms with Crippen molar-refractivity contribution in [2.24, 2.45) is 5.92 Å². The van der Waals surface area contributed by atoms with Gasteiger partial charge in [-0.2, -0.15) is 0 Å². The second-order valence-electron chi connectivity index (χ2n) is 4.85. The Morgan fingerprint density at radius 2 is 2.11 bits per heavy atom. The van der Waals surface area contributed by atoms with Gasteiger partial charge in [0.25, 0.3) is 0 Å². The van der Waals surface area contributed by atoms with Gasteiger partial charge in [-0.25, -0.2) is 0 Å². The van der Waals surface area contributed by atoms with Gasteiger partial charge in [0, 0.05) is 27.0 Å². The molecule has 1 unspecified atom stereocenters. The van der Waals surface area contributed by atoms with Crippen molar-refractivity contribution in [1.82, 2.24) is 5.32 Å². The zero-order chi connectivity index (χ0) is 13.8. The molecule has 0 amide bonds. The minimum atomic E-state index is 0.391. The van der Waals surface area contributed by atoms with Crippen LogP contribution in [0.4, 0.5) is 0 Å². The fraction of sp³-hybridized carbons (Fsp3) is 0.333. The average Bonchev–Trinajstić information content (AvgIpc) is 2.85. The van der Waals surface area contributed by atoms with Gasteiger partial charge in [-0.15, -0.1) is 11.3 Å². The van der Waals surface area contributed by atoms with E-state index >= 15 is 0 Å². The van der Waals surface area contributed by atoms with E-state index in [0.717, 1.165) is 16.0 Å². The van der Waals surface area contributed by atoms with E-state index in [4.69, 9.17) is 11.6 Å². The molecule has 1 N–H and O–H groups in total. The van der Waals surface area contributed by atoms with E-state index in [9.17, 15) is 0 Å². The molecule has 0 bridgehead atoms. The van der Waals surface area contributed by atoms with Gasteiger partial charge in [0.05, 0.1) is 0 Å². The number of halogens is 2. The fourth-order valence-electron chi connectivity index (χ4n) is 2.02. The molecule has 2 aromatic rings. The van der Waals surface area contributed by atoms with Crippen molar-refractivity contribution in [2.75, 3.05) is 0 Å². The molecule has 1 atom stereocenters. The molecule has 1 nitrogen and oxygen atoms in total. The van der Waals surface area contributed by atoms with Crippen LogP contribution in [0.2, 0.25) is 5.02 Å². The first-order valence-corrected chi connectivity index (χ1v) is 8.33. The summed E-state index contributed by atoms with van der Waals surface area (Å²) in [5, 5.41) is 6.52. The first-order valence-electron chi connectivity index (χ1n) is 6.28. The molecule has 102 valence electrons. The molecule has 0 aliphatic heterocycles. The van der Waals surface area contributed by atoms with Crippen molar-refractivity contribution in [3.63, 3.8) is 0 Å². The summed E-state index contributed by atoms with van der Waals surface area (Å²) >= 11 is 11.3. The van der Waals surface area contributed by atoms with E-state index in [-0.39, 0.29) is 0 Å². The van der Waals surface area contributed by atoms with E-state index in [1.165, 1.54) is 10.4 Å². The van der Waals surface area contributed by atoms with Crippen LogP contribution in [-0.2, 0) is 6.54 Å². The zero-order valence-electron chi connectivity index (χ0n) is 11.0. The molecule has 0 fully saturated rings. The maximum absolute atomic E-state index is 5.96. The number of benzene rings is 1. The number of nitrogens with one attached hydrogen (secondary N) is 1. The highest BCUT2D eigenvalue weighted by molar-refractivity contribution is 9.10. The van der Waals surface area contributed by atoms with E-state index in [1.807, 2.05) is 12.1 Å². The third-order valence-electron chi connectivity index (χ3n) is 3.04. The van der Waals surface area contributed by atoms with Gasteiger partial charge in [-0.1, -0.05) is 53.5 Å². The van der Waals surface area contributed by atoms with Gasteiger partial charge in [0.2, 0.25) is 0 Å². The minimum absolute atomic E-state index is 0.391. The van der Waals surface area contributed by atoms with Gasteiger partial charge in [0.1, 0.15) is 0 Å². The standard InChI is InChI=1S/C15H17BrClNS/c1-10(2)15(14-4-3-7-19-14)18-9-11-5-6-12(17)8-13(11)16/h3-8,10,15,18H,9H2,1-2H3. The first-order chi connectivity index (χ1) is 9.08. The predicted octanol–water partition coefficient (Wildman–Crippen LogP) is 5.65. The molecule has 1 aromatic heterocycles. The van der Waals surface area contributed by atoms with Crippen LogP contribution in [-0.4, -0.2) is 0 Å². The molecule has 1 aromatic carbocycles. The summed E-state index contributed by atoms with van der Waals surface area (Å²) in [7, 11) is 0. The maximum Gasteiger partial charge on any atom is 0.0440 e. The molecule has 0 radical (unpaired) electrons. The van der Waals surface area contributed by atoms with E-state index in [0.29, 0.717) is 12.0 Å². The summed E-state index contributed by atoms with van der Waals surface area (Å²) in [6.07, 6.45) is 0. The van der Waals surface area contributed by atoms with Crippen LogP contribution >= 0.6 is 38.9 Å². The predicted molar refractivity (Wildman–Crippen MR) is 87.9 cm³/mol. The number of hydrogen-bond donors (Lipinski definition) is 1. The molecular weight excluding hydrogens is 342 g/mol. The second kappa shape index (κ2) is 6.89. The summed E-state index contributed by atoms with van der Waals surface area (Å²) in [5.41, 5.74) is 1.23. The third kappa shape index (κ3) is 4.06. The highest BCUT2D eigenvalue weighted by Crippen LogP contribution is 2.27. The van der Waals surface area contributed by atoms with Crippen molar-refractivity contribution < 1.29 is 0 Å². The smallest absolute Gasteiger partial charge is 0.0440 e. The zero-order valence-corrected chi connectivity index (χ0v) is 14.1. The summed E-state index contributed by atoms with van der Waals surface area (Å²) in [6, 6.07) is 10.6. The van der Waals surface area contributed by atoms with Gasteiger partial charge in [0.15, 0.2) is 0 Å². The largest absolute Gasteiger partial charge is 0.305 e. The lowest BCUT2D eigenvalue weighted by molar-refractivity contribution is 0.416. The fourth-order valence-corrected chi connectivity index (χ4v) is 3.81. The van der Waals surface area contributed by atoms with Gasteiger partial charge < -0.3 is 5.32 Å². The summed E-state index contributed by atoms with van der Waals surface area (Å²) < 4.78 is 1.06. The highest BCUT2D eigenvalue weighted by atomic mass is 79.9. The molecule has 0 saturated carbocycles. The number of thiophene rings is 1. The molecule has 1 heterocycles. The van der Waals surface area contributed by atoms with Crippen molar-refractivity contribution in [3.8, 4) is 0 Å². The maximum atomic E-state index is 5.96. The van der Waals surface area contributed by atoms with Crippen molar-refractivity contribution in [3.05, 3.63) is 55.6 Å². The number of hydrogen-bond acceptors (Lipinski definition) is 2. The van der Waals surface area contributed by atoms with Crippen LogP contribution < -0.4 is 5.32 Å². The summed E-state index contributed by atoms with van der Waals surface area (Å²) in [5.74, 6) is 0.560. The molecular formula is C15H17BrClNS. The van der Waals surface area contributed by atoms with Crippen LogP contribution in [0.3, 0.4) is 0 Å². The van der Waals surface area contributed by atoms with Gasteiger partial charge in [-0.05, 0) is 35.1 Å². The van der Waals surface area contributed by atoms with Crippen LogP contribution in [0.1, 0.15) is 30.3 Å². The van der Waals surface area contributed by atoms with Crippen LogP contribution in [0.5, 0.6) is 0 Å².